The van der Waals surface area contributed by atoms with Crippen LogP contribution in [-0.2, 0) is 18.8 Å². The predicted octanol–water partition coefficient (Wildman–Crippen LogP) is 4.12. The lowest BCUT2D eigenvalue weighted by Crippen LogP contribution is -2.41. The molecule has 126 valence electrons. The first kappa shape index (κ1) is 18.5. The standard InChI is InChI=1S/C17H24BBrO4/c1-6-21-15(20)11-14(12-8-7-9-13(19)10-12)18-22-16(2,3)17(4,5)23-18/h7-10,14H,6,11H2,1-5H3. The third kappa shape index (κ3) is 4.17. The molecule has 1 heterocycles. The minimum absolute atomic E-state index is 0.215. The fourth-order valence-corrected chi connectivity index (χ4v) is 2.98. The van der Waals surface area contributed by atoms with Crippen LogP contribution in [0.2, 0.25) is 0 Å². The molecule has 0 spiro atoms. The Hall–Kier alpha value is -0.845. The van der Waals surface area contributed by atoms with E-state index in [1.807, 2.05) is 52.0 Å². The van der Waals surface area contributed by atoms with E-state index < -0.39 is 18.3 Å². The van der Waals surface area contributed by atoms with Crippen molar-refractivity contribution in [2.75, 3.05) is 6.61 Å². The minimum Gasteiger partial charge on any atom is -0.466 e. The number of esters is 1. The first-order chi connectivity index (χ1) is 10.7. The molecule has 23 heavy (non-hydrogen) atoms. The van der Waals surface area contributed by atoms with Crippen molar-refractivity contribution in [3.8, 4) is 0 Å². The van der Waals surface area contributed by atoms with Gasteiger partial charge in [-0.2, -0.15) is 0 Å². The number of benzene rings is 1. The molecule has 1 saturated heterocycles. The van der Waals surface area contributed by atoms with Crippen LogP contribution in [0.25, 0.3) is 0 Å². The second-order valence-electron chi connectivity index (χ2n) is 6.80. The number of halogens is 1. The Balaban J connectivity index is 2.29. The molecule has 2 rings (SSSR count). The van der Waals surface area contributed by atoms with Gasteiger partial charge >= 0.3 is 13.1 Å². The molecule has 0 bridgehead atoms. The van der Waals surface area contributed by atoms with Gasteiger partial charge in [-0.25, -0.2) is 0 Å². The molecule has 6 heteroatoms. The molecule has 1 aliphatic rings. The molecule has 0 radical (unpaired) electrons. The molecule has 1 aliphatic heterocycles. The summed E-state index contributed by atoms with van der Waals surface area (Å²) in [6, 6.07) is 7.88. The molecule has 1 unspecified atom stereocenters. The van der Waals surface area contributed by atoms with Gasteiger partial charge in [0.2, 0.25) is 0 Å². The monoisotopic (exact) mass is 382 g/mol. The van der Waals surface area contributed by atoms with E-state index in [4.69, 9.17) is 14.0 Å². The Morgan fingerprint density at radius 2 is 1.87 bits per heavy atom. The van der Waals surface area contributed by atoms with Crippen molar-refractivity contribution in [2.24, 2.45) is 0 Å². The van der Waals surface area contributed by atoms with Crippen LogP contribution in [0.15, 0.2) is 28.7 Å². The molecular formula is C17H24BBrO4. The highest BCUT2D eigenvalue weighted by molar-refractivity contribution is 9.10. The molecule has 0 aromatic heterocycles. The van der Waals surface area contributed by atoms with Gasteiger partial charge in [0, 0.05) is 10.3 Å². The fraction of sp³-hybridized carbons (Fsp3) is 0.588. The number of ether oxygens (including phenoxy) is 1. The number of carbonyl (C=O) groups excluding carboxylic acids is 1. The van der Waals surface area contributed by atoms with Crippen LogP contribution < -0.4 is 0 Å². The highest BCUT2D eigenvalue weighted by Crippen LogP contribution is 2.42. The third-order valence-electron chi connectivity index (χ3n) is 4.57. The molecule has 1 atom stereocenters. The largest absolute Gasteiger partial charge is 0.466 e. The Morgan fingerprint density at radius 3 is 2.39 bits per heavy atom. The quantitative estimate of drug-likeness (QED) is 0.567. The van der Waals surface area contributed by atoms with Crippen LogP contribution in [0.5, 0.6) is 0 Å². The van der Waals surface area contributed by atoms with E-state index >= 15 is 0 Å². The smallest absolute Gasteiger partial charge is 0.466 e. The Morgan fingerprint density at radius 1 is 1.26 bits per heavy atom. The van der Waals surface area contributed by atoms with E-state index in [1.54, 1.807) is 6.92 Å². The van der Waals surface area contributed by atoms with Gasteiger partial charge in [0.25, 0.3) is 0 Å². The van der Waals surface area contributed by atoms with Crippen LogP contribution in [-0.4, -0.2) is 30.9 Å². The number of hydrogen-bond acceptors (Lipinski definition) is 4. The van der Waals surface area contributed by atoms with Crippen LogP contribution in [0, 0.1) is 0 Å². The second kappa shape index (κ2) is 6.95. The summed E-state index contributed by atoms with van der Waals surface area (Å²) >= 11 is 3.48. The minimum atomic E-state index is -0.487. The number of hydrogen-bond donors (Lipinski definition) is 0. The number of rotatable bonds is 5. The first-order valence-corrected chi connectivity index (χ1v) is 8.72. The molecular weight excluding hydrogens is 359 g/mol. The molecule has 0 saturated carbocycles. The van der Waals surface area contributed by atoms with Crippen molar-refractivity contribution in [1.82, 2.24) is 0 Å². The Labute approximate surface area is 147 Å². The van der Waals surface area contributed by atoms with Crippen molar-refractivity contribution in [3.05, 3.63) is 34.3 Å². The van der Waals surface area contributed by atoms with Gasteiger partial charge in [-0.05, 0) is 52.3 Å². The Bertz CT molecular complexity index is 557. The maximum atomic E-state index is 12.0. The zero-order valence-corrected chi connectivity index (χ0v) is 16.0. The van der Waals surface area contributed by atoms with Crippen LogP contribution in [0.4, 0.5) is 0 Å². The fourth-order valence-electron chi connectivity index (χ4n) is 2.56. The lowest BCUT2D eigenvalue weighted by atomic mass is 9.66. The van der Waals surface area contributed by atoms with E-state index in [0.717, 1.165) is 10.0 Å². The molecule has 1 aromatic rings. The van der Waals surface area contributed by atoms with Gasteiger partial charge in [-0.15, -0.1) is 0 Å². The summed E-state index contributed by atoms with van der Waals surface area (Å²) in [5.41, 5.74) is 0.124. The molecule has 1 fully saturated rings. The van der Waals surface area contributed by atoms with Gasteiger partial charge in [-0.1, -0.05) is 28.1 Å². The van der Waals surface area contributed by atoms with Crippen LogP contribution in [0.1, 0.15) is 52.4 Å². The predicted molar refractivity (Wildman–Crippen MR) is 94.2 cm³/mol. The van der Waals surface area contributed by atoms with E-state index in [2.05, 4.69) is 15.9 Å². The topological polar surface area (TPSA) is 44.8 Å². The molecule has 1 aromatic carbocycles. The van der Waals surface area contributed by atoms with E-state index in [9.17, 15) is 4.79 Å². The van der Waals surface area contributed by atoms with E-state index in [-0.39, 0.29) is 18.2 Å². The van der Waals surface area contributed by atoms with Crippen LogP contribution in [0.3, 0.4) is 0 Å². The molecule has 0 N–H and O–H groups in total. The van der Waals surface area contributed by atoms with Crippen molar-refractivity contribution in [3.63, 3.8) is 0 Å². The van der Waals surface area contributed by atoms with Gasteiger partial charge in [0.05, 0.1) is 24.2 Å². The van der Waals surface area contributed by atoms with E-state index in [0.29, 0.717) is 6.61 Å². The number of carbonyl (C=O) groups is 1. The van der Waals surface area contributed by atoms with Crippen molar-refractivity contribution in [2.45, 2.75) is 58.1 Å². The van der Waals surface area contributed by atoms with E-state index in [1.165, 1.54) is 0 Å². The second-order valence-corrected chi connectivity index (χ2v) is 7.71. The summed E-state index contributed by atoms with van der Waals surface area (Å²) in [6.07, 6.45) is 0.223. The molecule has 0 aliphatic carbocycles. The summed E-state index contributed by atoms with van der Waals surface area (Å²) < 4.78 is 18.4. The molecule has 4 nitrogen and oxygen atoms in total. The summed E-state index contributed by atoms with van der Waals surface area (Å²) in [5, 5.41) is 0. The SMILES string of the molecule is CCOC(=O)CC(B1OC(C)(C)C(C)(C)O1)c1cccc(Br)c1. The summed E-state index contributed by atoms with van der Waals surface area (Å²) in [7, 11) is -0.487. The normalized spacial score (nSPS) is 20.3. The lowest BCUT2D eigenvalue weighted by molar-refractivity contribution is -0.143. The Kier molecular flexibility index (Phi) is 5.59. The zero-order chi connectivity index (χ0) is 17.3. The average molecular weight is 383 g/mol. The average Bonchev–Trinajstić information content (AvgIpc) is 2.65. The highest BCUT2D eigenvalue weighted by Gasteiger charge is 2.54. The van der Waals surface area contributed by atoms with Crippen molar-refractivity contribution in [1.29, 1.82) is 0 Å². The van der Waals surface area contributed by atoms with Crippen molar-refractivity contribution < 1.29 is 18.8 Å². The van der Waals surface area contributed by atoms with Gasteiger partial charge in [-0.3, -0.25) is 4.79 Å². The van der Waals surface area contributed by atoms with Gasteiger partial charge < -0.3 is 14.0 Å². The summed E-state index contributed by atoms with van der Waals surface area (Å²) in [5.74, 6) is -0.459. The highest BCUT2D eigenvalue weighted by atomic mass is 79.9. The van der Waals surface area contributed by atoms with Crippen molar-refractivity contribution >= 4 is 29.0 Å². The third-order valence-corrected chi connectivity index (χ3v) is 5.06. The first-order valence-electron chi connectivity index (χ1n) is 7.93. The van der Waals surface area contributed by atoms with Gasteiger partial charge in [0.1, 0.15) is 0 Å². The maximum absolute atomic E-state index is 12.0. The summed E-state index contributed by atoms with van der Waals surface area (Å²) in [4.78, 5) is 12.0. The summed E-state index contributed by atoms with van der Waals surface area (Å²) in [6.45, 7) is 10.2. The zero-order valence-electron chi connectivity index (χ0n) is 14.4. The maximum Gasteiger partial charge on any atom is 0.466 e. The lowest BCUT2D eigenvalue weighted by Gasteiger charge is -2.32. The van der Waals surface area contributed by atoms with Crippen LogP contribution >= 0.6 is 15.9 Å². The molecule has 0 amide bonds. The van der Waals surface area contributed by atoms with Gasteiger partial charge in [0.15, 0.2) is 0 Å².